The largest absolute Gasteiger partial charge is 0.0885 e. The van der Waals surface area contributed by atoms with Gasteiger partial charge >= 0.3 is 0 Å². The third kappa shape index (κ3) is 11.7. The van der Waals surface area contributed by atoms with Crippen molar-refractivity contribution in [2.75, 3.05) is 0 Å². The summed E-state index contributed by atoms with van der Waals surface area (Å²) >= 11 is 0. The summed E-state index contributed by atoms with van der Waals surface area (Å²) in [5, 5.41) is 0. The first kappa shape index (κ1) is 21.7. The van der Waals surface area contributed by atoms with E-state index in [0.717, 1.165) is 5.92 Å². The Balaban J connectivity index is -0.000000218. The zero-order valence-corrected chi connectivity index (χ0v) is 12.8. The van der Waals surface area contributed by atoms with Crippen LogP contribution in [0.15, 0.2) is 22.8 Å². The van der Waals surface area contributed by atoms with Gasteiger partial charge in [-0.3, -0.25) is 0 Å². The first-order chi connectivity index (χ1) is 7.44. The van der Waals surface area contributed by atoms with Gasteiger partial charge in [0.05, 0.1) is 0 Å². The number of hydrogen-bond donors (Lipinski definition) is 0. The average Bonchev–Trinajstić information content (AvgIpc) is 2.35. The standard InChI is InChI=1S/2C8H16.CH4/c2*1-5-7(3)8(4)6-2;/h5-6H2,1-4H3;5,8H,6H2,1-4H3;1H4/b8-7-;7-5-;. The van der Waals surface area contributed by atoms with Crippen LogP contribution in [0.3, 0.4) is 0 Å². The maximum atomic E-state index is 2.26. The van der Waals surface area contributed by atoms with Crippen LogP contribution in [0.4, 0.5) is 0 Å². The maximum absolute atomic E-state index is 2.26. The van der Waals surface area contributed by atoms with E-state index >= 15 is 0 Å². The Kier molecular flexibility index (Phi) is 17.3. The Hall–Kier alpha value is -0.520. The molecule has 1 atom stereocenters. The molecule has 0 fully saturated rings. The fourth-order valence-electron chi connectivity index (χ4n) is 1.21. The summed E-state index contributed by atoms with van der Waals surface area (Å²) in [5.74, 6) is 0.778. The molecule has 0 saturated heterocycles. The predicted molar refractivity (Wildman–Crippen MR) is 84.6 cm³/mol. The van der Waals surface area contributed by atoms with Gasteiger partial charge in [-0.05, 0) is 52.9 Å². The van der Waals surface area contributed by atoms with Gasteiger partial charge in [-0.25, -0.2) is 0 Å². The van der Waals surface area contributed by atoms with Crippen molar-refractivity contribution in [3.63, 3.8) is 0 Å². The highest BCUT2D eigenvalue weighted by Crippen LogP contribution is 2.11. The first-order valence-corrected chi connectivity index (χ1v) is 6.72. The highest BCUT2D eigenvalue weighted by Gasteiger charge is 1.96. The molecule has 1 unspecified atom stereocenters. The van der Waals surface area contributed by atoms with Crippen molar-refractivity contribution < 1.29 is 0 Å². The van der Waals surface area contributed by atoms with Gasteiger partial charge in [0.2, 0.25) is 0 Å². The summed E-state index contributed by atoms with van der Waals surface area (Å²) in [6.07, 6.45) is 5.86. The van der Waals surface area contributed by atoms with Crippen molar-refractivity contribution in [3.05, 3.63) is 22.8 Å². The van der Waals surface area contributed by atoms with Crippen molar-refractivity contribution in [2.24, 2.45) is 5.92 Å². The molecular weight excluding hydrogens is 204 g/mol. The molecule has 17 heavy (non-hydrogen) atoms. The van der Waals surface area contributed by atoms with Gasteiger partial charge in [-0.15, -0.1) is 0 Å². The van der Waals surface area contributed by atoms with E-state index in [4.69, 9.17) is 0 Å². The van der Waals surface area contributed by atoms with Crippen LogP contribution < -0.4 is 0 Å². The van der Waals surface area contributed by atoms with Gasteiger partial charge in [0.25, 0.3) is 0 Å². The van der Waals surface area contributed by atoms with Gasteiger partial charge in [-0.2, -0.15) is 0 Å². The van der Waals surface area contributed by atoms with Crippen molar-refractivity contribution >= 4 is 0 Å². The Bertz CT molecular complexity index is 206. The fraction of sp³-hybridized carbons (Fsp3) is 0.765. The highest BCUT2D eigenvalue weighted by molar-refractivity contribution is 5.07. The van der Waals surface area contributed by atoms with Crippen molar-refractivity contribution in [2.45, 2.75) is 82.1 Å². The highest BCUT2D eigenvalue weighted by atomic mass is 14.0. The maximum Gasteiger partial charge on any atom is -0.0237 e. The van der Waals surface area contributed by atoms with Crippen molar-refractivity contribution in [1.82, 2.24) is 0 Å². The normalized spacial score (nSPS) is 14.0. The lowest BCUT2D eigenvalue weighted by Crippen LogP contribution is -1.91. The first-order valence-electron chi connectivity index (χ1n) is 6.72. The molecule has 0 aromatic carbocycles. The zero-order chi connectivity index (χ0) is 13.1. The molecule has 0 heteroatoms. The van der Waals surface area contributed by atoms with Crippen LogP contribution in [0, 0.1) is 5.92 Å². The molecule has 0 aliphatic heterocycles. The van der Waals surface area contributed by atoms with E-state index in [1.165, 1.54) is 24.8 Å². The molecule has 0 aromatic rings. The van der Waals surface area contributed by atoms with Crippen LogP contribution >= 0.6 is 0 Å². The summed E-state index contributed by atoms with van der Waals surface area (Å²) in [6, 6.07) is 0. The van der Waals surface area contributed by atoms with E-state index in [2.05, 4.69) is 61.5 Å². The van der Waals surface area contributed by atoms with Crippen LogP contribution in [0.2, 0.25) is 0 Å². The monoisotopic (exact) mass is 240 g/mol. The molecule has 0 aliphatic carbocycles. The van der Waals surface area contributed by atoms with Crippen molar-refractivity contribution in [1.29, 1.82) is 0 Å². The predicted octanol–water partition coefficient (Wildman–Crippen LogP) is 6.78. The SMILES string of the molecule is C.C/C=C(/C)C(C)CC.CC/C(C)=C(/C)CC. The number of allylic oxidation sites excluding steroid dienone is 4. The summed E-state index contributed by atoms with van der Waals surface area (Å²) in [7, 11) is 0. The molecule has 0 nitrogen and oxygen atoms in total. The molecule has 0 aromatic heterocycles. The second-order valence-corrected chi connectivity index (χ2v) is 4.61. The van der Waals surface area contributed by atoms with Crippen LogP contribution in [0.5, 0.6) is 0 Å². The van der Waals surface area contributed by atoms with Gasteiger partial charge in [0.1, 0.15) is 0 Å². The lowest BCUT2D eigenvalue weighted by Gasteiger charge is -2.06. The minimum atomic E-state index is 0. The van der Waals surface area contributed by atoms with Crippen molar-refractivity contribution in [3.8, 4) is 0 Å². The third-order valence-electron chi connectivity index (χ3n) is 3.63. The van der Waals surface area contributed by atoms with E-state index in [1.807, 2.05) is 0 Å². The Morgan fingerprint density at radius 1 is 0.941 bits per heavy atom. The van der Waals surface area contributed by atoms with Gasteiger partial charge in [0, 0.05) is 0 Å². The van der Waals surface area contributed by atoms with Crippen LogP contribution in [0.1, 0.15) is 82.1 Å². The lowest BCUT2D eigenvalue weighted by molar-refractivity contribution is 0.654. The topological polar surface area (TPSA) is 0 Å². The summed E-state index contributed by atoms with van der Waals surface area (Å²) in [6.45, 7) is 17.6. The average molecular weight is 240 g/mol. The van der Waals surface area contributed by atoms with E-state index in [-0.39, 0.29) is 7.43 Å². The van der Waals surface area contributed by atoms with E-state index in [9.17, 15) is 0 Å². The van der Waals surface area contributed by atoms with Gasteiger partial charge < -0.3 is 0 Å². The molecule has 0 bridgehead atoms. The second-order valence-electron chi connectivity index (χ2n) is 4.61. The quantitative estimate of drug-likeness (QED) is 0.475. The fourth-order valence-corrected chi connectivity index (χ4v) is 1.21. The molecule has 0 heterocycles. The minimum Gasteiger partial charge on any atom is -0.0885 e. The van der Waals surface area contributed by atoms with E-state index < -0.39 is 0 Å². The van der Waals surface area contributed by atoms with Gasteiger partial charge in [0.15, 0.2) is 0 Å². The number of hydrogen-bond acceptors (Lipinski definition) is 0. The minimum absolute atomic E-state index is 0. The van der Waals surface area contributed by atoms with E-state index in [1.54, 1.807) is 11.1 Å². The number of rotatable bonds is 4. The summed E-state index contributed by atoms with van der Waals surface area (Å²) in [5.41, 5.74) is 4.60. The van der Waals surface area contributed by atoms with Crippen LogP contribution in [-0.4, -0.2) is 0 Å². The molecular formula is C17H36. The Morgan fingerprint density at radius 2 is 1.29 bits per heavy atom. The van der Waals surface area contributed by atoms with Crippen LogP contribution in [0.25, 0.3) is 0 Å². The van der Waals surface area contributed by atoms with Crippen LogP contribution in [-0.2, 0) is 0 Å². The Labute approximate surface area is 111 Å². The molecule has 0 aliphatic rings. The molecule has 0 radical (unpaired) electrons. The molecule has 0 saturated carbocycles. The van der Waals surface area contributed by atoms with Gasteiger partial charge in [-0.1, -0.05) is 57.9 Å². The summed E-state index contributed by atoms with van der Waals surface area (Å²) < 4.78 is 0. The zero-order valence-electron chi connectivity index (χ0n) is 12.8. The molecule has 0 rings (SSSR count). The lowest BCUT2D eigenvalue weighted by atomic mass is 10.0. The smallest absolute Gasteiger partial charge is 0.0237 e. The molecule has 104 valence electrons. The summed E-state index contributed by atoms with van der Waals surface area (Å²) in [4.78, 5) is 0. The molecule has 0 spiro atoms. The molecule has 0 amide bonds. The third-order valence-corrected chi connectivity index (χ3v) is 3.63. The second kappa shape index (κ2) is 13.5. The molecule has 0 N–H and O–H groups in total. The Morgan fingerprint density at radius 3 is 1.41 bits per heavy atom. The van der Waals surface area contributed by atoms with E-state index in [0.29, 0.717) is 0 Å².